The van der Waals surface area contributed by atoms with E-state index >= 15 is 0 Å². The molecule has 0 aliphatic carbocycles. The van der Waals surface area contributed by atoms with E-state index < -0.39 is 5.91 Å². The van der Waals surface area contributed by atoms with Crippen molar-refractivity contribution in [2.24, 2.45) is 0 Å². The summed E-state index contributed by atoms with van der Waals surface area (Å²) in [6.45, 7) is 2.23. The van der Waals surface area contributed by atoms with Crippen LogP contribution in [0, 0.1) is 0 Å². The molecule has 1 aromatic carbocycles. The summed E-state index contributed by atoms with van der Waals surface area (Å²) in [6.07, 6.45) is 13.4. The van der Waals surface area contributed by atoms with Gasteiger partial charge in [-0.25, -0.2) is 4.90 Å². The van der Waals surface area contributed by atoms with Crippen molar-refractivity contribution in [1.82, 2.24) is 5.73 Å². The smallest absolute Gasteiger partial charge is 0.271 e. The maximum absolute atomic E-state index is 12.2. The molecule has 5 heteroatoms. The van der Waals surface area contributed by atoms with Crippen molar-refractivity contribution in [2.75, 3.05) is 4.90 Å². The highest BCUT2D eigenvalue weighted by atomic mass is 16.2. The molecule has 1 aliphatic rings. The van der Waals surface area contributed by atoms with E-state index in [0.717, 1.165) is 23.3 Å². The number of carbonyl (C=O) groups excluding carboxylic acids is 3. The van der Waals surface area contributed by atoms with Gasteiger partial charge in [0.1, 0.15) is 0 Å². The topological polar surface area (TPSA) is 78.2 Å². The fourth-order valence-electron chi connectivity index (χ4n) is 3.87. The molecule has 2 rings (SSSR count). The zero-order valence-corrected chi connectivity index (χ0v) is 17.1. The molecular formula is C23H33N2O3. The van der Waals surface area contributed by atoms with Gasteiger partial charge in [0.05, 0.1) is 11.3 Å². The van der Waals surface area contributed by atoms with Gasteiger partial charge in [0, 0.05) is 12.8 Å². The zero-order chi connectivity index (χ0) is 20.4. The number of benzene rings is 1. The second-order valence-electron chi connectivity index (χ2n) is 7.70. The Morgan fingerprint density at radius 1 is 0.893 bits per heavy atom. The van der Waals surface area contributed by atoms with E-state index in [1.807, 2.05) is 6.07 Å². The van der Waals surface area contributed by atoms with Gasteiger partial charge in [0.25, 0.3) is 5.91 Å². The largest absolute Gasteiger partial charge is 0.274 e. The van der Waals surface area contributed by atoms with Crippen molar-refractivity contribution in [3.05, 3.63) is 29.3 Å². The second kappa shape index (κ2) is 11.6. The number of amides is 3. The first kappa shape index (κ1) is 22.1. The van der Waals surface area contributed by atoms with Crippen LogP contribution in [0.15, 0.2) is 18.2 Å². The van der Waals surface area contributed by atoms with E-state index in [4.69, 9.17) is 5.73 Å². The van der Waals surface area contributed by atoms with Crippen LogP contribution in [0.4, 0.5) is 5.69 Å². The van der Waals surface area contributed by atoms with Gasteiger partial charge < -0.3 is 0 Å². The lowest BCUT2D eigenvalue weighted by molar-refractivity contribution is -0.121. The van der Waals surface area contributed by atoms with Crippen LogP contribution in [0.1, 0.15) is 99.9 Å². The molecule has 0 bridgehead atoms. The number of para-hydroxylation sites is 1. The van der Waals surface area contributed by atoms with Crippen LogP contribution in [-0.2, 0) is 16.0 Å². The Morgan fingerprint density at radius 3 is 1.96 bits per heavy atom. The average Bonchev–Trinajstić information content (AvgIpc) is 3.01. The minimum Gasteiger partial charge on any atom is -0.274 e. The average molecular weight is 386 g/mol. The summed E-state index contributed by atoms with van der Waals surface area (Å²) < 4.78 is 0. The normalized spacial score (nSPS) is 14.1. The summed E-state index contributed by atoms with van der Waals surface area (Å²) in [4.78, 5) is 37.3. The molecule has 0 atom stereocenters. The summed E-state index contributed by atoms with van der Waals surface area (Å²) in [5.41, 5.74) is 8.83. The monoisotopic (exact) mass is 385 g/mol. The summed E-state index contributed by atoms with van der Waals surface area (Å²) in [5, 5.41) is 0. The molecule has 3 amide bonds. The molecule has 1 N–H and O–H groups in total. The number of unbranched alkanes of at least 4 members (excludes halogenated alkanes) is 9. The summed E-state index contributed by atoms with van der Waals surface area (Å²) in [5.74, 6) is -1.40. The van der Waals surface area contributed by atoms with Crippen molar-refractivity contribution in [3.63, 3.8) is 0 Å². The fourth-order valence-corrected chi connectivity index (χ4v) is 3.87. The Labute approximate surface area is 168 Å². The third-order valence-electron chi connectivity index (χ3n) is 5.44. The number of imide groups is 1. The van der Waals surface area contributed by atoms with Crippen molar-refractivity contribution in [1.29, 1.82) is 0 Å². The SMILES string of the molecule is CCCCCCCCCCCCc1cccc(C([NH])=O)c1N1C(=O)CCC1=O. The lowest BCUT2D eigenvalue weighted by Gasteiger charge is -2.20. The van der Waals surface area contributed by atoms with Gasteiger partial charge in [0.2, 0.25) is 11.8 Å². The lowest BCUT2D eigenvalue weighted by Crippen LogP contribution is -2.31. The molecular weight excluding hydrogens is 352 g/mol. The highest BCUT2D eigenvalue weighted by Gasteiger charge is 2.34. The second-order valence-corrected chi connectivity index (χ2v) is 7.70. The number of hydrogen-bond acceptors (Lipinski definition) is 3. The first-order valence-electron chi connectivity index (χ1n) is 10.8. The Kier molecular flexibility index (Phi) is 9.18. The van der Waals surface area contributed by atoms with Crippen LogP contribution in [-0.4, -0.2) is 17.7 Å². The Hall–Kier alpha value is -2.17. The molecule has 0 aromatic heterocycles. The third-order valence-corrected chi connectivity index (χ3v) is 5.44. The van der Waals surface area contributed by atoms with E-state index in [9.17, 15) is 14.4 Å². The molecule has 1 saturated heterocycles. The number of aryl methyl sites for hydroxylation is 1. The molecule has 1 radical (unpaired) electrons. The summed E-state index contributed by atoms with van der Waals surface area (Å²) >= 11 is 0. The maximum Gasteiger partial charge on any atom is 0.271 e. The first-order valence-corrected chi connectivity index (χ1v) is 10.8. The standard InChI is InChI=1S/C23H33N2O3/c1-2-3-4-5-6-7-8-9-10-11-13-18-14-12-15-19(23(24)28)22(18)25-20(26)16-17-21(25)27/h12,14-15,24H,2-11,13,16-17H2,1H3. The fraction of sp³-hybridized carbons (Fsp3) is 0.609. The third kappa shape index (κ3) is 6.18. The van der Waals surface area contributed by atoms with Gasteiger partial charge in [-0.3, -0.25) is 20.1 Å². The number of nitrogens with one attached hydrogen (secondary N) is 1. The van der Waals surface area contributed by atoms with Crippen LogP contribution in [0.2, 0.25) is 0 Å². The molecule has 1 heterocycles. The number of hydrogen-bond donors (Lipinski definition) is 0. The van der Waals surface area contributed by atoms with E-state index in [2.05, 4.69) is 6.92 Å². The Bertz CT molecular complexity index is 668. The van der Waals surface area contributed by atoms with Crippen LogP contribution in [0.3, 0.4) is 0 Å². The van der Waals surface area contributed by atoms with Gasteiger partial charge in [-0.1, -0.05) is 76.8 Å². The molecule has 0 spiro atoms. The van der Waals surface area contributed by atoms with Crippen LogP contribution in [0.25, 0.3) is 0 Å². The Balaban J connectivity index is 1.88. The van der Waals surface area contributed by atoms with E-state index in [0.29, 0.717) is 12.1 Å². The minimum absolute atomic E-state index is 0.146. The van der Waals surface area contributed by atoms with Crippen LogP contribution >= 0.6 is 0 Å². The maximum atomic E-state index is 12.2. The van der Waals surface area contributed by atoms with Crippen LogP contribution in [0.5, 0.6) is 0 Å². The van der Waals surface area contributed by atoms with E-state index in [-0.39, 0.29) is 30.2 Å². The molecule has 0 saturated carbocycles. The van der Waals surface area contributed by atoms with Gasteiger partial charge >= 0.3 is 0 Å². The quantitative estimate of drug-likeness (QED) is 0.345. The van der Waals surface area contributed by atoms with Crippen molar-refractivity contribution in [3.8, 4) is 0 Å². The number of carbonyl (C=O) groups is 3. The van der Waals surface area contributed by atoms with Gasteiger partial charge in [-0.05, 0) is 24.5 Å². The number of anilines is 1. The number of rotatable bonds is 13. The molecule has 5 nitrogen and oxygen atoms in total. The zero-order valence-electron chi connectivity index (χ0n) is 17.1. The minimum atomic E-state index is -0.854. The molecule has 153 valence electrons. The van der Waals surface area contributed by atoms with Gasteiger partial charge in [-0.2, -0.15) is 0 Å². The number of nitrogens with zero attached hydrogens (tertiary/aromatic N) is 1. The predicted octanol–water partition coefficient (Wildman–Crippen LogP) is 5.23. The summed E-state index contributed by atoms with van der Waals surface area (Å²) in [7, 11) is 0. The van der Waals surface area contributed by atoms with E-state index in [1.165, 1.54) is 57.4 Å². The van der Waals surface area contributed by atoms with Gasteiger partial charge in [0.15, 0.2) is 0 Å². The molecule has 28 heavy (non-hydrogen) atoms. The highest BCUT2D eigenvalue weighted by Crippen LogP contribution is 2.31. The predicted molar refractivity (Wildman–Crippen MR) is 111 cm³/mol. The lowest BCUT2D eigenvalue weighted by atomic mass is 9.99. The van der Waals surface area contributed by atoms with Crippen molar-refractivity contribution < 1.29 is 14.4 Å². The first-order chi connectivity index (χ1) is 13.6. The van der Waals surface area contributed by atoms with Gasteiger partial charge in [-0.15, -0.1) is 0 Å². The Morgan fingerprint density at radius 2 is 1.43 bits per heavy atom. The van der Waals surface area contributed by atoms with Crippen molar-refractivity contribution in [2.45, 2.75) is 90.4 Å². The molecule has 1 aliphatic heterocycles. The van der Waals surface area contributed by atoms with E-state index in [1.54, 1.807) is 6.07 Å². The molecule has 0 unspecified atom stereocenters. The van der Waals surface area contributed by atoms with Crippen LogP contribution < -0.4 is 10.6 Å². The molecule has 1 aromatic rings. The summed E-state index contributed by atoms with van der Waals surface area (Å²) in [6, 6.07) is 5.14. The highest BCUT2D eigenvalue weighted by molar-refractivity contribution is 6.22. The molecule has 1 fully saturated rings. The van der Waals surface area contributed by atoms with Crippen molar-refractivity contribution >= 4 is 23.4 Å².